The molecule has 0 amide bonds. The molecular formula is C4H5FO3. The Hall–Kier alpha value is -1.06. The average molecular weight is 120 g/mol. The molecule has 8 heavy (non-hydrogen) atoms. The zero-order chi connectivity index (χ0) is 6.57. The summed E-state index contributed by atoms with van der Waals surface area (Å²) in [5.74, 6) is 0.0904. The summed E-state index contributed by atoms with van der Waals surface area (Å²) in [6, 6.07) is 0. The number of allylic oxidation sites excluding steroid dienone is 1. The van der Waals surface area contributed by atoms with Crippen LogP contribution in [0.15, 0.2) is 12.3 Å². The highest BCUT2D eigenvalue weighted by Gasteiger charge is 2.01. The number of ether oxygens (including phenoxy) is 1. The van der Waals surface area contributed by atoms with E-state index in [-0.39, 0.29) is 5.76 Å². The average Bonchev–Trinajstić information content (AvgIpc) is 1.65. The van der Waals surface area contributed by atoms with Crippen LogP contribution in [0.4, 0.5) is 9.32 Å². The molecule has 0 bridgehead atoms. The highest BCUT2D eigenvalue weighted by molar-refractivity contribution is 5.60. The van der Waals surface area contributed by atoms with Crippen LogP contribution < -0.4 is 0 Å². The summed E-state index contributed by atoms with van der Waals surface area (Å²) in [5.41, 5.74) is 0. The van der Waals surface area contributed by atoms with Gasteiger partial charge in [0.1, 0.15) is 5.76 Å². The maximum absolute atomic E-state index is 10.7. The summed E-state index contributed by atoms with van der Waals surface area (Å²) in [5, 5.41) is 0. The van der Waals surface area contributed by atoms with Crippen LogP contribution in [0, 0.1) is 0 Å². The monoisotopic (exact) mass is 120 g/mol. The van der Waals surface area contributed by atoms with Gasteiger partial charge in [0.25, 0.3) is 0 Å². The summed E-state index contributed by atoms with van der Waals surface area (Å²) in [4.78, 5) is 12.4. The summed E-state index contributed by atoms with van der Waals surface area (Å²) in [6.07, 6.45) is -1.39. The van der Waals surface area contributed by atoms with Gasteiger partial charge in [0.15, 0.2) is 0 Å². The molecule has 0 heterocycles. The molecule has 0 aliphatic rings. The molecule has 4 heteroatoms. The Morgan fingerprint density at radius 3 is 2.38 bits per heavy atom. The normalized spacial score (nSPS) is 7.75. The van der Waals surface area contributed by atoms with Gasteiger partial charge in [0.2, 0.25) is 0 Å². The van der Waals surface area contributed by atoms with Crippen molar-refractivity contribution < 1.29 is 19.0 Å². The van der Waals surface area contributed by atoms with Gasteiger partial charge in [0.05, 0.1) is 0 Å². The Morgan fingerprint density at radius 2 is 2.25 bits per heavy atom. The minimum atomic E-state index is -1.39. The van der Waals surface area contributed by atoms with Crippen LogP contribution in [0.25, 0.3) is 0 Å². The largest absolute Gasteiger partial charge is 0.550 e. The molecule has 0 aromatic heterocycles. The molecule has 0 saturated carbocycles. The molecule has 0 atom stereocenters. The van der Waals surface area contributed by atoms with Crippen molar-refractivity contribution in [1.82, 2.24) is 0 Å². The summed E-state index contributed by atoms with van der Waals surface area (Å²) in [6.45, 7) is 4.55. The van der Waals surface area contributed by atoms with Gasteiger partial charge >= 0.3 is 6.16 Å². The zero-order valence-electron chi connectivity index (χ0n) is 4.31. The molecule has 0 radical (unpaired) electrons. The predicted octanol–water partition coefficient (Wildman–Crippen LogP) is 1.56. The Morgan fingerprint density at radius 1 is 1.75 bits per heavy atom. The molecule has 0 fully saturated rings. The number of rotatable bonds is 1. The number of carbonyl (C=O) groups is 1. The van der Waals surface area contributed by atoms with E-state index in [9.17, 15) is 9.32 Å². The van der Waals surface area contributed by atoms with Crippen molar-refractivity contribution in [3.63, 3.8) is 0 Å². The Balaban J connectivity index is 3.40. The molecule has 0 aliphatic carbocycles. The maximum Gasteiger partial charge on any atom is 0.550 e. The first-order chi connectivity index (χ1) is 3.66. The lowest BCUT2D eigenvalue weighted by Gasteiger charge is -1.93. The SMILES string of the molecule is C=C(C)OC(=O)OF. The summed E-state index contributed by atoms with van der Waals surface area (Å²) < 4.78 is 14.7. The van der Waals surface area contributed by atoms with Crippen LogP contribution >= 0.6 is 0 Å². The van der Waals surface area contributed by atoms with E-state index in [2.05, 4.69) is 16.3 Å². The van der Waals surface area contributed by atoms with Crippen LogP contribution in [0.3, 0.4) is 0 Å². The Labute approximate surface area is 45.6 Å². The zero-order valence-corrected chi connectivity index (χ0v) is 4.31. The van der Waals surface area contributed by atoms with Crippen molar-refractivity contribution in [3.05, 3.63) is 12.3 Å². The summed E-state index contributed by atoms with van der Waals surface area (Å²) in [7, 11) is 0. The van der Waals surface area contributed by atoms with Crippen LogP contribution in [-0.4, -0.2) is 6.16 Å². The quantitative estimate of drug-likeness (QED) is 0.389. The van der Waals surface area contributed by atoms with Crippen LogP contribution in [-0.2, 0) is 9.68 Å². The fourth-order valence-electron chi connectivity index (χ4n) is 0.158. The van der Waals surface area contributed by atoms with Crippen molar-refractivity contribution in [2.75, 3.05) is 0 Å². The predicted molar refractivity (Wildman–Crippen MR) is 23.5 cm³/mol. The minimum absolute atomic E-state index is 0.0904. The lowest BCUT2D eigenvalue weighted by Crippen LogP contribution is -1.98. The van der Waals surface area contributed by atoms with Gasteiger partial charge in [-0.15, -0.1) is 0 Å². The molecule has 0 rings (SSSR count). The van der Waals surface area contributed by atoms with Gasteiger partial charge in [-0.1, -0.05) is 6.58 Å². The van der Waals surface area contributed by atoms with E-state index in [4.69, 9.17) is 0 Å². The van der Waals surface area contributed by atoms with Gasteiger partial charge in [0, 0.05) is 4.53 Å². The second kappa shape index (κ2) is 3.01. The van der Waals surface area contributed by atoms with Gasteiger partial charge in [-0.3, -0.25) is 0 Å². The minimum Gasteiger partial charge on any atom is -0.398 e. The topological polar surface area (TPSA) is 35.5 Å². The van der Waals surface area contributed by atoms with E-state index in [1.807, 2.05) is 0 Å². The third kappa shape index (κ3) is 3.14. The fourth-order valence-corrected chi connectivity index (χ4v) is 0.158. The first-order valence-electron chi connectivity index (χ1n) is 1.82. The molecular weight excluding hydrogens is 115 g/mol. The lowest BCUT2D eigenvalue weighted by atomic mass is 10.7. The molecule has 0 aromatic rings. The number of hydrogen-bond donors (Lipinski definition) is 0. The first-order valence-corrected chi connectivity index (χ1v) is 1.82. The van der Waals surface area contributed by atoms with E-state index in [1.54, 1.807) is 0 Å². The molecule has 0 aliphatic heterocycles. The third-order valence-corrected chi connectivity index (χ3v) is 0.321. The molecule has 0 spiro atoms. The lowest BCUT2D eigenvalue weighted by molar-refractivity contribution is -0.0927. The number of hydrogen-bond acceptors (Lipinski definition) is 3. The van der Waals surface area contributed by atoms with Gasteiger partial charge in [-0.2, -0.15) is 4.79 Å². The van der Waals surface area contributed by atoms with Gasteiger partial charge < -0.3 is 4.74 Å². The fraction of sp³-hybridized carbons (Fsp3) is 0.250. The van der Waals surface area contributed by atoms with Crippen LogP contribution in [0.1, 0.15) is 6.92 Å². The van der Waals surface area contributed by atoms with Crippen molar-refractivity contribution in [3.8, 4) is 0 Å². The van der Waals surface area contributed by atoms with E-state index in [0.717, 1.165) is 0 Å². The highest BCUT2D eigenvalue weighted by atomic mass is 19.3. The van der Waals surface area contributed by atoms with Gasteiger partial charge in [-0.25, -0.2) is 4.94 Å². The Kier molecular flexibility index (Phi) is 2.61. The van der Waals surface area contributed by atoms with Crippen molar-refractivity contribution in [1.29, 1.82) is 0 Å². The standard InChI is InChI=1S/C4H5FO3/c1-3(2)7-4(6)8-5/h1H2,2H3. The van der Waals surface area contributed by atoms with E-state index in [0.29, 0.717) is 0 Å². The molecule has 3 nitrogen and oxygen atoms in total. The second-order valence-electron chi connectivity index (χ2n) is 1.13. The summed E-state index contributed by atoms with van der Waals surface area (Å²) >= 11 is 0. The number of carbonyl (C=O) groups excluding carboxylic acids is 1. The smallest absolute Gasteiger partial charge is 0.398 e. The van der Waals surface area contributed by atoms with E-state index < -0.39 is 6.16 Å². The third-order valence-electron chi connectivity index (χ3n) is 0.321. The maximum atomic E-state index is 10.7. The molecule has 0 saturated heterocycles. The van der Waals surface area contributed by atoms with Gasteiger partial charge in [-0.05, 0) is 6.92 Å². The molecule has 0 unspecified atom stereocenters. The first kappa shape index (κ1) is 6.94. The van der Waals surface area contributed by atoms with Crippen molar-refractivity contribution >= 4 is 6.16 Å². The number of halogens is 1. The van der Waals surface area contributed by atoms with Crippen LogP contribution in [0.5, 0.6) is 0 Å². The Bertz CT molecular complexity index is 110. The molecule has 0 aromatic carbocycles. The van der Waals surface area contributed by atoms with Crippen LogP contribution in [0.2, 0.25) is 0 Å². The second-order valence-corrected chi connectivity index (χ2v) is 1.13. The molecule has 0 N–H and O–H groups in total. The van der Waals surface area contributed by atoms with Crippen molar-refractivity contribution in [2.24, 2.45) is 0 Å². The van der Waals surface area contributed by atoms with Crippen molar-refractivity contribution in [2.45, 2.75) is 6.92 Å². The highest BCUT2D eigenvalue weighted by Crippen LogP contribution is 1.93. The van der Waals surface area contributed by atoms with E-state index in [1.165, 1.54) is 6.92 Å². The van der Waals surface area contributed by atoms with E-state index >= 15 is 0 Å². The molecule has 46 valence electrons.